The van der Waals surface area contributed by atoms with Crippen molar-refractivity contribution in [1.82, 2.24) is 4.90 Å². The minimum atomic E-state index is 0.158. The van der Waals surface area contributed by atoms with E-state index < -0.39 is 0 Å². The fraction of sp³-hybridized carbons (Fsp3) is 0.222. The van der Waals surface area contributed by atoms with Crippen LogP contribution in [0.4, 0.5) is 0 Å². The highest BCUT2D eigenvalue weighted by Gasteiger charge is 2.24. The van der Waals surface area contributed by atoms with Gasteiger partial charge in [-0.15, -0.1) is 0 Å². The summed E-state index contributed by atoms with van der Waals surface area (Å²) in [4.78, 5) is 13.1. The molecule has 0 bridgehead atoms. The summed E-state index contributed by atoms with van der Waals surface area (Å²) in [6.07, 6.45) is 0. The van der Waals surface area contributed by atoms with Gasteiger partial charge in [-0.25, -0.2) is 0 Å². The van der Waals surface area contributed by atoms with E-state index in [1.165, 1.54) is 0 Å². The second kappa shape index (κ2) is 2.38. The summed E-state index contributed by atoms with van der Waals surface area (Å²) in [5, 5.41) is 0. The first kappa shape index (κ1) is 6.40. The number of rotatable bonds is 1. The van der Waals surface area contributed by atoms with E-state index in [0.29, 0.717) is 0 Å². The average molecular weight is 147 g/mol. The highest BCUT2D eigenvalue weighted by molar-refractivity contribution is 5.95. The molecule has 0 radical (unpaired) electrons. The van der Waals surface area contributed by atoms with Gasteiger partial charge in [0.15, 0.2) is 0 Å². The van der Waals surface area contributed by atoms with Gasteiger partial charge >= 0.3 is 0 Å². The normalized spacial score (nSPS) is 14.7. The van der Waals surface area contributed by atoms with Gasteiger partial charge < -0.3 is 4.90 Å². The van der Waals surface area contributed by atoms with Crippen molar-refractivity contribution in [3.8, 4) is 0 Å². The molecule has 1 fully saturated rings. The quantitative estimate of drug-likeness (QED) is 0.545. The Bertz CT molecular complexity index is 264. The molecule has 0 N–H and O–H groups in total. The first-order valence-corrected chi connectivity index (χ1v) is 3.72. The molecule has 0 atom stereocenters. The van der Waals surface area contributed by atoms with Gasteiger partial charge in [0.05, 0.1) is 0 Å². The Kier molecular flexibility index (Phi) is 1.39. The molecule has 1 aliphatic rings. The Balaban J connectivity index is 2.22. The Morgan fingerprint density at radius 2 is 1.82 bits per heavy atom. The van der Waals surface area contributed by atoms with Crippen molar-refractivity contribution in [2.45, 2.75) is 0 Å². The lowest BCUT2D eigenvalue weighted by Crippen LogP contribution is -2.09. The van der Waals surface area contributed by atoms with Crippen LogP contribution in [0, 0.1) is 0 Å². The number of hydrogen-bond acceptors (Lipinski definition) is 1. The molecule has 2 heteroatoms. The van der Waals surface area contributed by atoms with E-state index in [1.807, 2.05) is 35.2 Å². The molecule has 0 aliphatic carbocycles. The maximum atomic E-state index is 11.3. The van der Waals surface area contributed by atoms with Crippen LogP contribution in [-0.4, -0.2) is 23.9 Å². The van der Waals surface area contributed by atoms with E-state index in [-0.39, 0.29) is 5.91 Å². The molecule has 2 rings (SSSR count). The van der Waals surface area contributed by atoms with Gasteiger partial charge in [0.25, 0.3) is 5.91 Å². The molecular weight excluding hydrogens is 138 g/mol. The van der Waals surface area contributed by atoms with Crippen LogP contribution in [-0.2, 0) is 0 Å². The summed E-state index contributed by atoms with van der Waals surface area (Å²) < 4.78 is 0. The number of carbonyl (C=O) groups is 1. The third-order valence-electron chi connectivity index (χ3n) is 1.76. The summed E-state index contributed by atoms with van der Waals surface area (Å²) >= 11 is 0. The van der Waals surface area contributed by atoms with Crippen LogP contribution in [0.2, 0.25) is 0 Å². The van der Waals surface area contributed by atoms with Crippen LogP contribution >= 0.6 is 0 Å². The molecule has 0 saturated carbocycles. The van der Waals surface area contributed by atoms with Crippen LogP contribution in [0.3, 0.4) is 0 Å². The standard InChI is InChI=1S/C9H9NO/c11-9(10-6-7-10)8-4-2-1-3-5-8/h1-5H,6-7H2. The first-order valence-electron chi connectivity index (χ1n) is 3.72. The number of benzene rings is 1. The summed E-state index contributed by atoms with van der Waals surface area (Å²) in [6.45, 7) is 1.85. The van der Waals surface area contributed by atoms with Gasteiger partial charge in [-0.2, -0.15) is 0 Å². The first-order chi connectivity index (χ1) is 5.38. The largest absolute Gasteiger partial charge is 0.335 e. The van der Waals surface area contributed by atoms with Gasteiger partial charge in [0.1, 0.15) is 0 Å². The van der Waals surface area contributed by atoms with Crippen molar-refractivity contribution in [2.75, 3.05) is 13.1 Å². The van der Waals surface area contributed by atoms with Gasteiger partial charge in [0.2, 0.25) is 0 Å². The lowest BCUT2D eigenvalue weighted by molar-refractivity contribution is 0.0885. The van der Waals surface area contributed by atoms with Gasteiger partial charge in [-0.1, -0.05) is 18.2 Å². The van der Waals surface area contributed by atoms with Crippen molar-refractivity contribution >= 4 is 5.91 Å². The van der Waals surface area contributed by atoms with Crippen LogP contribution in [0.15, 0.2) is 30.3 Å². The Hall–Kier alpha value is -1.31. The maximum absolute atomic E-state index is 11.3. The third kappa shape index (κ3) is 1.24. The number of hydrogen-bond donors (Lipinski definition) is 0. The van der Waals surface area contributed by atoms with E-state index in [2.05, 4.69) is 0 Å². The molecule has 56 valence electrons. The number of amides is 1. The highest BCUT2D eigenvalue weighted by Crippen LogP contribution is 2.10. The van der Waals surface area contributed by atoms with Crippen LogP contribution < -0.4 is 0 Å². The second-order valence-corrected chi connectivity index (χ2v) is 2.66. The van der Waals surface area contributed by atoms with E-state index >= 15 is 0 Å². The van der Waals surface area contributed by atoms with Crippen molar-refractivity contribution in [2.24, 2.45) is 0 Å². The molecule has 1 aromatic rings. The zero-order valence-electron chi connectivity index (χ0n) is 6.16. The summed E-state index contributed by atoms with van der Waals surface area (Å²) in [5.41, 5.74) is 0.796. The van der Waals surface area contributed by atoms with Gasteiger partial charge in [-0.3, -0.25) is 4.79 Å². The maximum Gasteiger partial charge on any atom is 0.253 e. The van der Waals surface area contributed by atoms with E-state index in [0.717, 1.165) is 18.7 Å². The fourth-order valence-electron chi connectivity index (χ4n) is 1.02. The van der Waals surface area contributed by atoms with E-state index in [4.69, 9.17) is 0 Å². The Morgan fingerprint density at radius 3 is 2.36 bits per heavy atom. The van der Waals surface area contributed by atoms with Crippen LogP contribution in [0.5, 0.6) is 0 Å². The number of nitrogens with zero attached hydrogens (tertiary/aromatic N) is 1. The molecule has 1 saturated heterocycles. The lowest BCUT2D eigenvalue weighted by Gasteiger charge is -1.98. The zero-order valence-corrected chi connectivity index (χ0v) is 6.16. The highest BCUT2D eigenvalue weighted by atomic mass is 16.2. The van der Waals surface area contributed by atoms with Gasteiger partial charge in [0, 0.05) is 18.7 Å². The minimum absolute atomic E-state index is 0.158. The van der Waals surface area contributed by atoms with E-state index in [9.17, 15) is 4.79 Å². The summed E-state index contributed by atoms with van der Waals surface area (Å²) in [6, 6.07) is 9.38. The molecular formula is C9H9NO. The van der Waals surface area contributed by atoms with E-state index in [1.54, 1.807) is 0 Å². The lowest BCUT2D eigenvalue weighted by atomic mass is 10.2. The topological polar surface area (TPSA) is 20.1 Å². The Labute approximate surface area is 65.4 Å². The van der Waals surface area contributed by atoms with Gasteiger partial charge in [-0.05, 0) is 12.1 Å². The second-order valence-electron chi connectivity index (χ2n) is 2.66. The number of carbonyl (C=O) groups excluding carboxylic acids is 1. The van der Waals surface area contributed by atoms with Crippen molar-refractivity contribution in [3.05, 3.63) is 35.9 Å². The van der Waals surface area contributed by atoms with Crippen molar-refractivity contribution < 1.29 is 4.79 Å². The van der Waals surface area contributed by atoms with Crippen LogP contribution in [0.25, 0.3) is 0 Å². The predicted octanol–water partition coefficient (Wildman–Crippen LogP) is 1.14. The molecule has 1 amide bonds. The molecule has 1 aliphatic heterocycles. The molecule has 2 nitrogen and oxygen atoms in total. The third-order valence-corrected chi connectivity index (χ3v) is 1.76. The molecule has 1 aromatic carbocycles. The Morgan fingerprint density at radius 1 is 1.18 bits per heavy atom. The molecule has 0 aromatic heterocycles. The molecule has 1 heterocycles. The average Bonchev–Trinajstić information content (AvgIpc) is 2.87. The SMILES string of the molecule is O=C(c1ccccc1)N1CC1. The molecule has 0 spiro atoms. The summed E-state index contributed by atoms with van der Waals surface area (Å²) in [7, 11) is 0. The minimum Gasteiger partial charge on any atom is -0.335 e. The van der Waals surface area contributed by atoms with Crippen molar-refractivity contribution in [3.63, 3.8) is 0 Å². The summed E-state index contributed by atoms with van der Waals surface area (Å²) in [5.74, 6) is 0.158. The molecule has 0 unspecified atom stereocenters. The predicted molar refractivity (Wildman–Crippen MR) is 42.3 cm³/mol. The monoisotopic (exact) mass is 147 g/mol. The zero-order chi connectivity index (χ0) is 7.68. The fourth-order valence-corrected chi connectivity index (χ4v) is 1.02. The van der Waals surface area contributed by atoms with Crippen molar-refractivity contribution in [1.29, 1.82) is 0 Å². The smallest absolute Gasteiger partial charge is 0.253 e. The molecule has 11 heavy (non-hydrogen) atoms. The van der Waals surface area contributed by atoms with Crippen LogP contribution in [0.1, 0.15) is 10.4 Å².